The third-order valence-electron chi connectivity index (χ3n) is 6.89. The SMILES string of the molecule is COC(=O)NCc1ccc2c(c1)NC(=O)CCCC[C@H](NC(=O)/C=C/c1cc(Cl)ccc1-n1cnnn1)c1cc-2ccn1. The van der Waals surface area contributed by atoms with Gasteiger partial charge in [0.25, 0.3) is 0 Å². The predicted octanol–water partition coefficient (Wildman–Crippen LogP) is 4.62. The van der Waals surface area contributed by atoms with E-state index in [2.05, 4.69) is 41.2 Å². The zero-order valence-electron chi connectivity index (χ0n) is 23.3. The fourth-order valence-corrected chi connectivity index (χ4v) is 4.96. The van der Waals surface area contributed by atoms with Crippen LogP contribution in [-0.4, -0.2) is 50.2 Å². The molecule has 3 N–H and O–H groups in total. The Labute approximate surface area is 252 Å². The minimum Gasteiger partial charge on any atom is -0.453 e. The van der Waals surface area contributed by atoms with Gasteiger partial charge in [0, 0.05) is 47.1 Å². The van der Waals surface area contributed by atoms with E-state index in [4.69, 9.17) is 11.6 Å². The third-order valence-corrected chi connectivity index (χ3v) is 7.13. The molecule has 0 radical (unpaired) electrons. The predicted molar refractivity (Wildman–Crippen MR) is 160 cm³/mol. The van der Waals surface area contributed by atoms with Crippen molar-refractivity contribution in [3.63, 3.8) is 0 Å². The Hall–Kier alpha value is -5.10. The lowest BCUT2D eigenvalue weighted by atomic mass is 9.97. The number of ether oxygens (including phenoxy) is 1. The molecule has 0 saturated heterocycles. The Morgan fingerprint density at radius 2 is 2.05 bits per heavy atom. The van der Waals surface area contributed by atoms with Crippen molar-refractivity contribution in [3.05, 3.63) is 89.0 Å². The molecule has 4 aromatic rings. The average molecular weight is 601 g/mol. The Morgan fingerprint density at radius 3 is 2.86 bits per heavy atom. The maximum Gasteiger partial charge on any atom is 0.407 e. The summed E-state index contributed by atoms with van der Waals surface area (Å²) in [5.41, 5.74) is 5.07. The number of tetrazole rings is 1. The second kappa shape index (κ2) is 13.7. The van der Waals surface area contributed by atoms with E-state index in [1.807, 2.05) is 30.3 Å². The van der Waals surface area contributed by atoms with E-state index in [0.717, 1.165) is 16.7 Å². The van der Waals surface area contributed by atoms with Gasteiger partial charge in [-0.3, -0.25) is 14.6 Å². The number of carbonyl (C=O) groups is 3. The van der Waals surface area contributed by atoms with Gasteiger partial charge >= 0.3 is 6.09 Å². The summed E-state index contributed by atoms with van der Waals surface area (Å²) >= 11 is 6.21. The molecule has 1 aliphatic heterocycles. The van der Waals surface area contributed by atoms with E-state index in [-0.39, 0.29) is 24.4 Å². The summed E-state index contributed by atoms with van der Waals surface area (Å²) < 4.78 is 6.14. The van der Waals surface area contributed by atoms with Gasteiger partial charge in [0.2, 0.25) is 11.8 Å². The molecule has 1 aliphatic rings. The molecular formula is C30H29ClN8O4. The topological polar surface area (TPSA) is 153 Å². The molecule has 5 rings (SSSR count). The van der Waals surface area contributed by atoms with Gasteiger partial charge in [-0.15, -0.1) is 5.10 Å². The number of nitrogens with one attached hydrogen (secondary N) is 3. The molecule has 3 heterocycles. The van der Waals surface area contributed by atoms with Crippen molar-refractivity contribution in [1.82, 2.24) is 35.8 Å². The average Bonchev–Trinajstić information content (AvgIpc) is 3.55. The van der Waals surface area contributed by atoms with Gasteiger partial charge in [-0.2, -0.15) is 4.68 Å². The lowest BCUT2D eigenvalue weighted by Gasteiger charge is -2.20. The molecule has 2 aromatic carbocycles. The van der Waals surface area contributed by atoms with Crippen molar-refractivity contribution >= 4 is 41.3 Å². The molecule has 2 bridgehead atoms. The van der Waals surface area contributed by atoms with Crippen LogP contribution >= 0.6 is 11.6 Å². The van der Waals surface area contributed by atoms with Crippen molar-refractivity contribution in [2.24, 2.45) is 0 Å². The number of hydrogen-bond donors (Lipinski definition) is 3. The molecule has 0 saturated carbocycles. The minimum atomic E-state index is -0.543. The first kappa shape index (κ1) is 29.4. The number of pyridine rings is 1. The number of aromatic nitrogens is 5. The number of rotatable bonds is 6. The number of hydrogen-bond acceptors (Lipinski definition) is 8. The largest absolute Gasteiger partial charge is 0.453 e. The number of carbonyl (C=O) groups excluding carboxylic acids is 3. The summed E-state index contributed by atoms with van der Waals surface area (Å²) in [7, 11) is 1.30. The zero-order chi connectivity index (χ0) is 30.2. The van der Waals surface area contributed by atoms with Gasteiger partial charge < -0.3 is 20.7 Å². The zero-order valence-corrected chi connectivity index (χ0v) is 24.0. The Kier molecular flexibility index (Phi) is 9.37. The van der Waals surface area contributed by atoms with E-state index >= 15 is 0 Å². The number of methoxy groups -OCH3 is 1. The highest BCUT2D eigenvalue weighted by Gasteiger charge is 2.19. The highest BCUT2D eigenvalue weighted by Crippen LogP contribution is 2.32. The molecule has 1 atom stereocenters. The summed E-state index contributed by atoms with van der Waals surface area (Å²) in [4.78, 5) is 42.1. The van der Waals surface area contributed by atoms with E-state index in [1.165, 1.54) is 24.2 Å². The quantitative estimate of drug-likeness (QED) is 0.271. The van der Waals surface area contributed by atoms with Crippen LogP contribution in [0.4, 0.5) is 10.5 Å². The molecule has 2 aromatic heterocycles. The Balaban J connectivity index is 1.40. The molecule has 0 aliphatic carbocycles. The summed E-state index contributed by atoms with van der Waals surface area (Å²) in [6.07, 6.45) is 7.95. The Bertz CT molecular complexity index is 1660. The van der Waals surface area contributed by atoms with Gasteiger partial charge in [0.1, 0.15) is 6.33 Å². The standard InChI is InChI=1S/C30H29ClN8O4/c1-43-30(42)33-17-19-6-9-23-20-12-13-32-26(16-20)24(4-2-3-5-28(40)36-25(23)14-19)35-29(41)11-7-21-15-22(31)8-10-27(21)39-18-34-37-38-39/h6-16,18,24H,2-5,17H2,1H3,(H,33,42)(H,35,41)(H,36,40)/b11-7+/t24-/m0/s1. The number of fused-ring (bicyclic) bond motifs is 4. The normalized spacial score (nSPS) is 15.0. The first-order valence-electron chi connectivity index (χ1n) is 13.6. The summed E-state index contributed by atoms with van der Waals surface area (Å²) in [5, 5.41) is 20.5. The van der Waals surface area contributed by atoms with Crippen LogP contribution in [0.5, 0.6) is 0 Å². The van der Waals surface area contributed by atoms with E-state index < -0.39 is 6.09 Å². The monoisotopic (exact) mass is 600 g/mol. The third kappa shape index (κ3) is 7.60. The van der Waals surface area contributed by atoms with Gasteiger partial charge in [0.05, 0.1) is 24.5 Å². The number of nitrogens with zero attached hydrogens (tertiary/aromatic N) is 5. The molecule has 220 valence electrons. The van der Waals surface area contributed by atoms with Gasteiger partial charge in [0.15, 0.2) is 0 Å². The molecule has 43 heavy (non-hydrogen) atoms. The van der Waals surface area contributed by atoms with Crippen molar-refractivity contribution < 1.29 is 19.1 Å². The molecule has 0 spiro atoms. The number of alkyl carbamates (subject to hydrolysis) is 1. The van der Waals surface area contributed by atoms with Crippen LogP contribution in [0.25, 0.3) is 22.9 Å². The van der Waals surface area contributed by atoms with Crippen molar-refractivity contribution in [3.8, 4) is 16.8 Å². The maximum atomic E-state index is 13.1. The molecule has 3 amide bonds. The fourth-order valence-electron chi connectivity index (χ4n) is 4.77. The maximum absolute atomic E-state index is 13.1. The Morgan fingerprint density at radius 1 is 1.16 bits per heavy atom. The summed E-state index contributed by atoms with van der Waals surface area (Å²) in [6.45, 7) is 0.242. The van der Waals surface area contributed by atoms with E-state index in [9.17, 15) is 14.4 Å². The summed E-state index contributed by atoms with van der Waals surface area (Å²) in [5.74, 6) is -0.426. The van der Waals surface area contributed by atoms with Gasteiger partial charge in [-0.1, -0.05) is 30.2 Å². The van der Waals surface area contributed by atoms with Crippen LogP contribution < -0.4 is 16.0 Å². The number of benzene rings is 2. The highest BCUT2D eigenvalue weighted by atomic mass is 35.5. The van der Waals surface area contributed by atoms with Gasteiger partial charge in [-0.05, 0) is 76.9 Å². The molecule has 0 fully saturated rings. The van der Waals surface area contributed by atoms with Crippen LogP contribution in [0.15, 0.2) is 67.1 Å². The van der Waals surface area contributed by atoms with Crippen molar-refractivity contribution in [2.45, 2.75) is 38.3 Å². The summed E-state index contributed by atoms with van der Waals surface area (Å²) in [6, 6.07) is 14.2. The lowest BCUT2D eigenvalue weighted by molar-refractivity contribution is -0.118. The first-order chi connectivity index (χ1) is 20.9. The highest BCUT2D eigenvalue weighted by molar-refractivity contribution is 6.30. The fraction of sp³-hybridized carbons (Fsp3) is 0.233. The van der Waals surface area contributed by atoms with Crippen LogP contribution in [-0.2, 0) is 20.9 Å². The van der Waals surface area contributed by atoms with Crippen LogP contribution in [0.3, 0.4) is 0 Å². The van der Waals surface area contributed by atoms with Gasteiger partial charge in [-0.25, -0.2) is 4.79 Å². The molecule has 13 heteroatoms. The van der Waals surface area contributed by atoms with E-state index in [1.54, 1.807) is 30.5 Å². The number of amides is 3. The molecule has 0 unspecified atom stereocenters. The first-order valence-corrected chi connectivity index (χ1v) is 14.0. The minimum absolute atomic E-state index is 0.113. The second-order valence-corrected chi connectivity index (χ2v) is 10.3. The van der Waals surface area contributed by atoms with Crippen LogP contribution in [0.1, 0.15) is 48.5 Å². The van der Waals surface area contributed by atoms with Crippen molar-refractivity contribution in [1.29, 1.82) is 0 Å². The molecule has 12 nitrogen and oxygen atoms in total. The van der Waals surface area contributed by atoms with Crippen LogP contribution in [0.2, 0.25) is 5.02 Å². The van der Waals surface area contributed by atoms with Crippen LogP contribution in [0, 0.1) is 0 Å². The van der Waals surface area contributed by atoms with Crippen molar-refractivity contribution in [2.75, 3.05) is 12.4 Å². The number of anilines is 1. The smallest absolute Gasteiger partial charge is 0.407 e. The lowest BCUT2D eigenvalue weighted by Crippen LogP contribution is -2.28. The number of halogens is 1. The second-order valence-electron chi connectivity index (χ2n) is 9.84. The molecular weight excluding hydrogens is 572 g/mol. The van der Waals surface area contributed by atoms with E-state index in [0.29, 0.717) is 53.3 Å².